The van der Waals surface area contributed by atoms with Gasteiger partial charge in [-0.3, -0.25) is 0 Å². The van der Waals surface area contributed by atoms with Crippen LogP contribution in [0.25, 0.3) is 0 Å². The van der Waals surface area contributed by atoms with E-state index in [0.717, 1.165) is 15.5 Å². The molecule has 0 fully saturated rings. The maximum atomic E-state index is 3.67. The molecule has 1 nitrogen and oxygen atoms in total. The summed E-state index contributed by atoms with van der Waals surface area (Å²) in [6.45, 7) is 5.22. The monoisotopic (exact) mass is 413 g/mol. The SMILES string of the molecule is CC(C)NCc1ccc(Sc2cccc(Br)c2)c(Br)c1. The van der Waals surface area contributed by atoms with E-state index >= 15 is 0 Å². The molecule has 0 amide bonds. The second-order valence-corrected chi connectivity index (χ2v) is 7.75. The average molecular weight is 415 g/mol. The summed E-state index contributed by atoms with van der Waals surface area (Å²) in [6, 6.07) is 15.4. The molecule has 0 atom stereocenters. The Hall–Kier alpha value is -0.290. The lowest BCUT2D eigenvalue weighted by molar-refractivity contribution is 0.588. The first-order valence-corrected chi connectivity index (χ1v) is 8.90. The van der Waals surface area contributed by atoms with Crippen molar-refractivity contribution in [1.82, 2.24) is 5.32 Å². The van der Waals surface area contributed by atoms with Gasteiger partial charge in [0.2, 0.25) is 0 Å². The van der Waals surface area contributed by atoms with Crippen molar-refractivity contribution >= 4 is 43.6 Å². The minimum atomic E-state index is 0.504. The van der Waals surface area contributed by atoms with E-state index in [4.69, 9.17) is 0 Å². The number of hydrogen-bond acceptors (Lipinski definition) is 2. The van der Waals surface area contributed by atoms with Gasteiger partial charge in [-0.25, -0.2) is 0 Å². The quantitative estimate of drug-likeness (QED) is 0.657. The Morgan fingerprint density at radius 2 is 1.90 bits per heavy atom. The zero-order chi connectivity index (χ0) is 14.5. The van der Waals surface area contributed by atoms with E-state index in [9.17, 15) is 0 Å². The molecule has 2 rings (SSSR count). The van der Waals surface area contributed by atoms with Gasteiger partial charge in [-0.05, 0) is 51.8 Å². The van der Waals surface area contributed by atoms with Gasteiger partial charge in [-0.15, -0.1) is 0 Å². The van der Waals surface area contributed by atoms with Gasteiger partial charge >= 0.3 is 0 Å². The van der Waals surface area contributed by atoms with Gasteiger partial charge in [-0.1, -0.05) is 53.7 Å². The molecule has 0 spiro atoms. The Kier molecular flexibility index (Phi) is 6.15. The molecule has 0 heterocycles. The van der Waals surface area contributed by atoms with Crippen molar-refractivity contribution in [2.45, 2.75) is 36.2 Å². The standard InChI is InChI=1S/C16H17Br2NS/c1-11(2)19-10-12-6-7-16(15(18)8-12)20-14-5-3-4-13(17)9-14/h3-9,11,19H,10H2,1-2H3. The van der Waals surface area contributed by atoms with Crippen LogP contribution in [0.2, 0.25) is 0 Å². The molecular formula is C16H17Br2NS. The third-order valence-electron chi connectivity index (χ3n) is 2.73. The van der Waals surface area contributed by atoms with Gasteiger partial charge in [0.05, 0.1) is 0 Å². The van der Waals surface area contributed by atoms with Gasteiger partial charge in [-0.2, -0.15) is 0 Å². The normalized spacial score (nSPS) is 11.1. The van der Waals surface area contributed by atoms with Crippen LogP contribution in [-0.4, -0.2) is 6.04 Å². The van der Waals surface area contributed by atoms with Crippen LogP contribution in [0.1, 0.15) is 19.4 Å². The van der Waals surface area contributed by atoms with Crippen LogP contribution < -0.4 is 5.32 Å². The molecule has 20 heavy (non-hydrogen) atoms. The highest BCUT2D eigenvalue weighted by Crippen LogP contribution is 2.35. The van der Waals surface area contributed by atoms with Gasteiger partial charge in [0.1, 0.15) is 0 Å². The predicted molar refractivity (Wildman–Crippen MR) is 94.4 cm³/mol. The lowest BCUT2D eigenvalue weighted by Crippen LogP contribution is -2.21. The third-order valence-corrected chi connectivity index (χ3v) is 5.21. The Morgan fingerprint density at radius 1 is 1.10 bits per heavy atom. The van der Waals surface area contributed by atoms with Crippen molar-refractivity contribution in [2.24, 2.45) is 0 Å². The van der Waals surface area contributed by atoms with Crippen molar-refractivity contribution in [1.29, 1.82) is 0 Å². The van der Waals surface area contributed by atoms with Crippen LogP contribution in [0.15, 0.2) is 61.2 Å². The number of halogens is 2. The minimum absolute atomic E-state index is 0.504. The predicted octanol–water partition coefficient (Wildman–Crippen LogP) is 5.86. The van der Waals surface area contributed by atoms with Crippen LogP contribution in [0, 0.1) is 0 Å². The number of nitrogens with one attached hydrogen (secondary N) is 1. The van der Waals surface area contributed by atoms with E-state index in [1.165, 1.54) is 15.4 Å². The summed E-state index contributed by atoms with van der Waals surface area (Å²) < 4.78 is 2.25. The van der Waals surface area contributed by atoms with Gasteiger partial charge in [0, 0.05) is 31.3 Å². The highest BCUT2D eigenvalue weighted by Gasteiger charge is 2.05. The average Bonchev–Trinajstić information content (AvgIpc) is 2.39. The molecule has 0 aliphatic carbocycles. The molecule has 2 aromatic rings. The van der Waals surface area contributed by atoms with Crippen LogP contribution in [0.3, 0.4) is 0 Å². The second kappa shape index (κ2) is 7.64. The number of benzene rings is 2. The molecule has 2 aromatic carbocycles. The first-order valence-electron chi connectivity index (χ1n) is 6.50. The Morgan fingerprint density at radius 3 is 2.55 bits per heavy atom. The lowest BCUT2D eigenvalue weighted by Gasteiger charge is -2.10. The van der Waals surface area contributed by atoms with Crippen molar-refractivity contribution in [3.05, 3.63) is 57.0 Å². The Bertz CT molecular complexity index is 584. The van der Waals surface area contributed by atoms with Crippen LogP contribution in [0.4, 0.5) is 0 Å². The van der Waals surface area contributed by atoms with E-state index < -0.39 is 0 Å². The van der Waals surface area contributed by atoms with Crippen LogP contribution >= 0.6 is 43.6 Å². The van der Waals surface area contributed by atoms with E-state index in [1.807, 2.05) is 6.07 Å². The highest BCUT2D eigenvalue weighted by atomic mass is 79.9. The second-order valence-electron chi connectivity index (χ2n) is 4.86. The highest BCUT2D eigenvalue weighted by molar-refractivity contribution is 9.10. The van der Waals surface area contributed by atoms with Crippen molar-refractivity contribution in [3.63, 3.8) is 0 Å². The minimum Gasteiger partial charge on any atom is -0.310 e. The summed E-state index contributed by atoms with van der Waals surface area (Å²) in [4.78, 5) is 2.46. The van der Waals surface area contributed by atoms with Crippen LogP contribution in [0.5, 0.6) is 0 Å². The molecular weight excluding hydrogens is 398 g/mol. The molecule has 0 aliphatic heterocycles. The van der Waals surface area contributed by atoms with E-state index in [1.54, 1.807) is 11.8 Å². The maximum absolute atomic E-state index is 3.67. The largest absolute Gasteiger partial charge is 0.310 e. The fraction of sp³-hybridized carbons (Fsp3) is 0.250. The van der Waals surface area contributed by atoms with Gasteiger partial charge in [0.25, 0.3) is 0 Å². The van der Waals surface area contributed by atoms with E-state index in [-0.39, 0.29) is 0 Å². The molecule has 0 saturated heterocycles. The summed E-state index contributed by atoms with van der Waals surface area (Å²) in [5.41, 5.74) is 1.30. The molecule has 1 N–H and O–H groups in total. The third kappa shape index (κ3) is 4.92. The topological polar surface area (TPSA) is 12.0 Å². The molecule has 0 bridgehead atoms. The van der Waals surface area contributed by atoms with Crippen molar-refractivity contribution in [3.8, 4) is 0 Å². The molecule has 4 heteroatoms. The van der Waals surface area contributed by atoms with Gasteiger partial charge in [0.15, 0.2) is 0 Å². The molecule has 0 radical (unpaired) electrons. The number of rotatable bonds is 5. The van der Waals surface area contributed by atoms with E-state index in [2.05, 4.69) is 87.4 Å². The summed E-state index contributed by atoms with van der Waals surface area (Å²) in [7, 11) is 0. The molecule has 0 unspecified atom stereocenters. The zero-order valence-corrected chi connectivity index (χ0v) is 15.5. The Balaban J connectivity index is 2.09. The van der Waals surface area contributed by atoms with Gasteiger partial charge < -0.3 is 5.32 Å². The first-order chi connectivity index (χ1) is 9.54. The fourth-order valence-corrected chi connectivity index (χ4v) is 3.82. The summed E-state index contributed by atoms with van der Waals surface area (Å²) >= 11 is 8.94. The smallest absolute Gasteiger partial charge is 0.0318 e. The summed E-state index contributed by atoms with van der Waals surface area (Å²) in [6.07, 6.45) is 0. The summed E-state index contributed by atoms with van der Waals surface area (Å²) in [5, 5.41) is 3.43. The Labute approximate surface area is 141 Å². The van der Waals surface area contributed by atoms with E-state index in [0.29, 0.717) is 6.04 Å². The maximum Gasteiger partial charge on any atom is 0.0318 e. The molecule has 0 aliphatic rings. The van der Waals surface area contributed by atoms with Crippen LogP contribution in [-0.2, 0) is 6.54 Å². The number of hydrogen-bond donors (Lipinski definition) is 1. The molecule has 106 valence electrons. The lowest BCUT2D eigenvalue weighted by atomic mass is 10.2. The van der Waals surface area contributed by atoms with Crippen molar-refractivity contribution in [2.75, 3.05) is 0 Å². The molecule has 0 saturated carbocycles. The zero-order valence-electron chi connectivity index (χ0n) is 11.5. The summed E-state index contributed by atoms with van der Waals surface area (Å²) in [5.74, 6) is 0. The molecule has 0 aromatic heterocycles. The first kappa shape index (κ1) is 16.1. The fourth-order valence-electron chi connectivity index (χ4n) is 1.72. The van der Waals surface area contributed by atoms with Crippen molar-refractivity contribution < 1.29 is 0 Å².